The molecule has 1 N–H and O–H groups in total. The maximum absolute atomic E-state index is 11.9. The monoisotopic (exact) mass is 353 g/mol. The number of nitrogens with one attached hydrogen (secondary N) is 1. The number of rotatable bonds is 2. The lowest BCUT2D eigenvalue weighted by molar-refractivity contribution is -0.161. The third kappa shape index (κ3) is 10.0. The molecule has 0 aromatic heterocycles. The molecule has 25 heavy (non-hydrogen) atoms. The minimum absolute atomic E-state index is 0.00899. The van der Waals surface area contributed by atoms with Gasteiger partial charge in [-0.25, -0.2) is 0 Å². The molecule has 0 atom stereocenters. The Bertz CT molecular complexity index is 451. The van der Waals surface area contributed by atoms with Crippen LogP contribution < -0.4 is 5.32 Å². The molecule has 0 aromatic rings. The maximum Gasteiger partial charge on any atom is 0.309 e. The van der Waals surface area contributed by atoms with Gasteiger partial charge in [0.1, 0.15) is 5.60 Å². The molecular weight excluding hydrogens is 318 g/mol. The fraction of sp³-hybridized carbons (Fsp3) is 0.750. The van der Waals surface area contributed by atoms with Gasteiger partial charge in [0.2, 0.25) is 0 Å². The van der Waals surface area contributed by atoms with Gasteiger partial charge in [0.05, 0.1) is 5.92 Å². The highest BCUT2D eigenvalue weighted by Gasteiger charge is 2.30. The predicted octanol–water partition coefficient (Wildman–Crippen LogP) is 4.02. The van der Waals surface area contributed by atoms with E-state index in [1.54, 1.807) is 0 Å². The Labute approximate surface area is 152 Å². The quantitative estimate of drug-likeness (QED) is 0.601. The van der Waals surface area contributed by atoms with Crippen LogP contribution >= 0.6 is 0 Å². The predicted molar refractivity (Wildman–Crippen MR) is 99.8 cm³/mol. The lowest BCUT2D eigenvalue weighted by atomic mass is 9.77. The number of carbonyl (C=O) groups excluding carboxylic acids is 3. The van der Waals surface area contributed by atoms with Gasteiger partial charge in [0, 0.05) is 12.2 Å². The number of ether oxygens (including phenoxy) is 1. The molecule has 0 unspecified atom stereocenters. The molecule has 0 radical (unpaired) electrons. The second-order valence-electron chi connectivity index (χ2n) is 7.58. The van der Waals surface area contributed by atoms with Gasteiger partial charge < -0.3 is 4.74 Å². The largest absolute Gasteiger partial charge is 0.460 e. The van der Waals surface area contributed by atoms with Gasteiger partial charge in [-0.2, -0.15) is 0 Å². The van der Waals surface area contributed by atoms with E-state index < -0.39 is 0 Å². The van der Waals surface area contributed by atoms with E-state index in [9.17, 15) is 14.4 Å². The maximum atomic E-state index is 11.9. The van der Waals surface area contributed by atoms with Crippen molar-refractivity contribution in [2.45, 2.75) is 79.8 Å². The summed E-state index contributed by atoms with van der Waals surface area (Å²) in [6.07, 6.45) is 6.78. The van der Waals surface area contributed by atoms with Gasteiger partial charge in [-0.05, 0) is 58.3 Å². The first-order chi connectivity index (χ1) is 11.6. The van der Waals surface area contributed by atoms with Crippen LogP contribution in [0.3, 0.4) is 0 Å². The average Bonchev–Trinajstić information content (AvgIpc) is 2.91. The van der Waals surface area contributed by atoms with Crippen molar-refractivity contribution in [2.24, 2.45) is 17.8 Å². The van der Waals surface area contributed by atoms with Crippen LogP contribution in [0.25, 0.3) is 0 Å². The third-order valence-corrected chi connectivity index (χ3v) is 4.09. The summed E-state index contributed by atoms with van der Waals surface area (Å²) in [6.45, 7) is 14.4. The molecule has 2 aliphatic rings. The normalized spacial score (nSPS) is 22.4. The number of esters is 1. The summed E-state index contributed by atoms with van der Waals surface area (Å²) in [7, 11) is 0. The Kier molecular flexibility index (Phi) is 10.3. The molecule has 1 fully saturated rings. The van der Waals surface area contributed by atoms with Gasteiger partial charge in [-0.3, -0.25) is 19.7 Å². The van der Waals surface area contributed by atoms with Gasteiger partial charge in [0.25, 0.3) is 11.8 Å². The number of imide groups is 1. The molecule has 1 heterocycles. The summed E-state index contributed by atoms with van der Waals surface area (Å²) >= 11 is 0. The van der Waals surface area contributed by atoms with Crippen molar-refractivity contribution in [2.75, 3.05) is 0 Å². The molecule has 0 saturated heterocycles. The highest BCUT2D eigenvalue weighted by atomic mass is 16.6. The van der Waals surface area contributed by atoms with Crippen LogP contribution in [0.15, 0.2) is 12.2 Å². The van der Waals surface area contributed by atoms with Crippen LogP contribution in [-0.2, 0) is 19.1 Å². The fourth-order valence-corrected chi connectivity index (χ4v) is 2.76. The number of amides is 2. The average molecular weight is 354 g/mol. The summed E-state index contributed by atoms with van der Waals surface area (Å²) in [5, 5.41) is 2.03. The molecule has 5 nitrogen and oxygen atoms in total. The van der Waals surface area contributed by atoms with E-state index in [-0.39, 0.29) is 29.3 Å². The second-order valence-corrected chi connectivity index (χ2v) is 7.58. The molecule has 0 bridgehead atoms. The van der Waals surface area contributed by atoms with Crippen molar-refractivity contribution >= 4 is 17.8 Å². The highest BCUT2D eigenvalue weighted by Crippen LogP contribution is 2.34. The van der Waals surface area contributed by atoms with Crippen LogP contribution in [0.1, 0.15) is 74.1 Å². The molecule has 144 valence electrons. The lowest BCUT2D eigenvalue weighted by Crippen LogP contribution is -2.31. The van der Waals surface area contributed by atoms with E-state index in [4.69, 9.17) is 4.74 Å². The zero-order chi connectivity index (χ0) is 19.6. The van der Waals surface area contributed by atoms with Crippen LogP contribution in [0.2, 0.25) is 0 Å². The Hall–Kier alpha value is -1.65. The molecular formula is C20H35NO4. The topological polar surface area (TPSA) is 72.5 Å². The minimum Gasteiger partial charge on any atom is -0.460 e. The fourth-order valence-electron chi connectivity index (χ4n) is 2.76. The van der Waals surface area contributed by atoms with Crippen LogP contribution in [0.4, 0.5) is 0 Å². The Morgan fingerprint density at radius 3 is 1.76 bits per heavy atom. The van der Waals surface area contributed by atoms with E-state index in [1.807, 2.05) is 39.9 Å². The second kappa shape index (κ2) is 11.1. The van der Waals surface area contributed by atoms with Gasteiger partial charge >= 0.3 is 5.97 Å². The Balaban J connectivity index is 0.000000530. The molecule has 2 amide bonds. The SMILES string of the molecule is CC.CC(C)C1CCC(C(=O)OC(C)(C)C)CC1.O=C1C=CC(=O)N1. The first-order valence-electron chi connectivity index (χ1n) is 9.34. The zero-order valence-electron chi connectivity index (χ0n) is 16.8. The summed E-state index contributed by atoms with van der Waals surface area (Å²) in [5.41, 5.74) is -0.341. The van der Waals surface area contributed by atoms with Gasteiger partial charge in [-0.1, -0.05) is 27.7 Å². The van der Waals surface area contributed by atoms with Crippen molar-refractivity contribution in [3.8, 4) is 0 Å². The van der Waals surface area contributed by atoms with Gasteiger partial charge in [-0.15, -0.1) is 0 Å². The molecule has 1 aliphatic heterocycles. The molecule has 1 saturated carbocycles. The van der Waals surface area contributed by atoms with E-state index in [0.717, 1.165) is 24.7 Å². The summed E-state index contributed by atoms with van der Waals surface area (Å²) in [6, 6.07) is 0. The molecule has 5 heteroatoms. The smallest absolute Gasteiger partial charge is 0.309 e. The van der Waals surface area contributed by atoms with Crippen LogP contribution in [0, 0.1) is 17.8 Å². The van der Waals surface area contributed by atoms with Crippen molar-refractivity contribution in [3.63, 3.8) is 0 Å². The highest BCUT2D eigenvalue weighted by molar-refractivity contribution is 6.12. The zero-order valence-corrected chi connectivity index (χ0v) is 16.8. The summed E-state index contributed by atoms with van der Waals surface area (Å²) < 4.78 is 5.43. The van der Waals surface area contributed by atoms with E-state index in [0.29, 0.717) is 0 Å². The van der Waals surface area contributed by atoms with Crippen molar-refractivity contribution in [1.29, 1.82) is 0 Å². The van der Waals surface area contributed by atoms with Gasteiger partial charge in [0.15, 0.2) is 0 Å². The third-order valence-electron chi connectivity index (χ3n) is 4.09. The summed E-state index contributed by atoms with van der Waals surface area (Å²) in [4.78, 5) is 31.9. The Morgan fingerprint density at radius 2 is 1.48 bits per heavy atom. The molecule has 0 spiro atoms. The number of hydrogen-bond acceptors (Lipinski definition) is 4. The van der Waals surface area contributed by atoms with Crippen LogP contribution in [-0.4, -0.2) is 23.4 Å². The first-order valence-corrected chi connectivity index (χ1v) is 9.34. The first kappa shape index (κ1) is 23.4. The standard InChI is InChI=1S/C14H26O2.C4H3NO2.C2H6/c1-10(2)11-6-8-12(9-7-11)13(15)16-14(3,4)5;6-3-1-2-4(7)5-3;1-2/h10-12H,6-9H2,1-5H3;1-2H,(H,5,6,7);1-2H3. The molecule has 2 rings (SSSR count). The van der Waals surface area contributed by atoms with Crippen molar-refractivity contribution in [3.05, 3.63) is 12.2 Å². The van der Waals surface area contributed by atoms with E-state index in [2.05, 4.69) is 13.8 Å². The van der Waals surface area contributed by atoms with Crippen molar-refractivity contribution < 1.29 is 19.1 Å². The summed E-state index contributed by atoms with van der Waals surface area (Å²) in [5.74, 6) is 1.05. The molecule has 1 aliphatic carbocycles. The number of carbonyl (C=O) groups is 3. The molecule has 0 aromatic carbocycles. The Morgan fingerprint density at radius 1 is 1.04 bits per heavy atom. The lowest BCUT2D eigenvalue weighted by Gasteiger charge is -2.31. The number of hydrogen-bond donors (Lipinski definition) is 1. The van der Waals surface area contributed by atoms with Crippen LogP contribution in [0.5, 0.6) is 0 Å². The van der Waals surface area contributed by atoms with E-state index in [1.165, 1.54) is 25.0 Å². The van der Waals surface area contributed by atoms with Crippen molar-refractivity contribution in [1.82, 2.24) is 5.32 Å². The minimum atomic E-state index is -0.341. The van der Waals surface area contributed by atoms with E-state index >= 15 is 0 Å².